The molecule has 0 saturated heterocycles. The highest BCUT2D eigenvalue weighted by Gasteiger charge is 2.13. The highest BCUT2D eigenvalue weighted by atomic mass is 16.5. The predicted molar refractivity (Wildman–Crippen MR) is 69.3 cm³/mol. The van der Waals surface area contributed by atoms with Gasteiger partial charge in [0.15, 0.2) is 0 Å². The Bertz CT molecular complexity index is 509. The van der Waals surface area contributed by atoms with Crippen LogP contribution in [-0.2, 0) is 13.0 Å². The third kappa shape index (κ3) is 2.68. The van der Waals surface area contributed by atoms with Crippen molar-refractivity contribution >= 4 is 0 Å². The quantitative estimate of drug-likeness (QED) is 0.869. The summed E-state index contributed by atoms with van der Waals surface area (Å²) in [7, 11) is 1.63. The first-order valence-electron chi connectivity index (χ1n) is 5.99. The summed E-state index contributed by atoms with van der Waals surface area (Å²) in [6.45, 7) is 2.93. The van der Waals surface area contributed by atoms with Crippen molar-refractivity contribution in [2.75, 3.05) is 7.11 Å². The molecule has 0 aliphatic carbocycles. The minimum atomic E-state index is -0.113. The summed E-state index contributed by atoms with van der Waals surface area (Å²) in [5.41, 5.74) is 8.31. The van der Waals surface area contributed by atoms with E-state index >= 15 is 0 Å². The molecular weight excluding hydrogens is 228 g/mol. The predicted octanol–water partition coefficient (Wildman–Crippen LogP) is 1.55. The molecule has 5 nitrogen and oxygen atoms in total. The molecule has 5 heteroatoms. The Morgan fingerprint density at radius 1 is 1.44 bits per heavy atom. The number of nitrogens with two attached hydrogens (primary N) is 1. The fourth-order valence-corrected chi connectivity index (χ4v) is 1.92. The van der Waals surface area contributed by atoms with E-state index in [2.05, 4.69) is 17.0 Å². The van der Waals surface area contributed by atoms with Crippen molar-refractivity contribution in [3.8, 4) is 5.75 Å². The minimum Gasteiger partial charge on any atom is -0.495 e. The molecule has 1 unspecified atom stereocenters. The topological polar surface area (TPSA) is 66.0 Å². The van der Waals surface area contributed by atoms with Crippen LogP contribution in [0.3, 0.4) is 0 Å². The van der Waals surface area contributed by atoms with Crippen molar-refractivity contribution in [3.05, 3.63) is 42.0 Å². The number of hydrogen-bond acceptors (Lipinski definition) is 4. The Labute approximate surface area is 107 Å². The van der Waals surface area contributed by atoms with E-state index in [4.69, 9.17) is 10.5 Å². The van der Waals surface area contributed by atoms with Crippen LogP contribution in [0.15, 0.2) is 30.9 Å². The number of pyridine rings is 1. The Morgan fingerprint density at radius 3 is 2.94 bits per heavy atom. The van der Waals surface area contributed by atoms with Gasteiger partial charge in [0.25, 0.3) is 0 Å². The lowest BCUT2D eigenvalue weighted by atomic mass is 10.0. The van der Waals surface area contributed by atoms with Gasteiger partial charge in [0.1, 0.15) is 5.75 Å². The molecule has 0 aliphatic heterocycles. The van der Waals surface area contributed by atoms with E-state index < -0.39 is 0 Å². The van der Waals surface area contributed by atoms with Gasteiger partial charge in [-0.25, -0.2) is 0 Å². The van der Waals surface area contributed by atoms with E-state index in [0.717, 1.165) is 29.8 Å². The Morgan fingerprint density at radius 2 is 2.28 bits per heavy atom. The summed E-state index contributed by atoms with van der Waals surface area (Å²) in [5.74, 6) is 0.730. The third-order valence-electron chi connectivity index (χ3n) is 2.90. The number of nitrogens with zero attached hydrogens (tertiary/aromatic N) is 3. The second-order valence-corrected chi connectivity index (χ2v) is 4.13. The lowest BCUT2D eigenvalue weighted by Gasteiger charge is -2.14. The molecule has 0 fully saturated rings. The zero-order chi connectivity index (χ0) is 13.0. The average Bonchev–Trinajstić information content (AvgIpc) is 2.86. The summed E-state index contributed by atoms with van der Waals surface area (Å²) < 4.78 is 7.16. The zero-order valence-electron chi connectivity index (χ0n) is 10.7. The molecule has 0 aliphatic rings. The smallest absolute Gasteiger partial charge is 0.141 e. The highest BCUT2D eigenvalue weighted by molar-refractivity contribution is 5.33. The summed E-state index contributed by atoms with van der Waals surface area (Å²) in [6.07, 6.45) is 8.03. The fraction of sp³-hybridized carbons (Fsp3) is 0.385. The van der Waals surface area contributed by atoms with Crippen LogP contribution in [0.5, 0.6) is 5.75 Å². The number of rotatable bonds is 5. The van der Waals surface area contributed by atoms with E-state index in [1.54, 1.807) is 19.5 Å². The first-order valence-corrected chi connectivity index (χ1v) is 5.99. The first-order chi connectivity index (χ1) is 8.74. The van der Waals surface area contributed by atoms with E-state index in [0.29, 0.717) is 0 Å². The molecule has 0 bridgehead atoms. The number of hydrogen-bond donors (Lipinski definition) is 1. The molecule has 2 rings (SSSR count). The van der Waals surface area contributed by atoms with Gasteiger partial charge in [0.2, 0.25) is 0 Å². The largest absolute Gasteiger partial charge is 0.495 e. The van der Waals surface area contributed by atoms with Crippen molar-refractivity contribution in [1.29, 1.82) is 0 Å². The molecule has 96 valence electrons. The summed E-state index contributed by atoms with van der Waals surface area (Å²) >= 11 is 0. The van der Waals surface area contributed by atoms with Gasteiger partial charge in [0, 0.05) is 30.5 Å². The lowest BCUT2D eigenvalue weighted by molar-refractivity contribution is 0.403. The SMILES string of the molecule is CCn1cc(CC(N)c2ccncc2OC)cn1. The molecule has 0 saturated carbocycles. The lowest BCUT2D eigenvalue weighted by Crippen LogP contribution is -2.14. The van der Waals surface area contributed by atoms with E-state index in [9.17, 15) is 0 Å². The van der Waals surface area contributed by atoms with Crippen molar-refractivity contribution in [3.63, 3.8) is 0 Å². The van der Waals surface area contributed by atoms with Crippen molar-refractivity contribution < 1.29 is 4.74 Å². The Balaban J connectivity index is 2.13. The second-order valence-electron chi connectivity index (χ2n) is 4.13. The summed E-state index contributed by atoms with van der Waals surface area (Å²) in [6, 6.07) is 1.78. The van der Waals surface area contributed by atoms with Gasteiger partial charge in [-0.3, -0.25) is 9.67 Å². The highest BCUT2D eigenvalue weighted by Crippen LogP contribution is 2.24. The first kappa shape index (κ1) is 12.6. The van der Waals surface area contributed by atoms with Crippen molar-refractivity contribution in [2.24, 2.45) is 5.73 Å². The van der Waals surface area contributed by atoms with Crippen LogP contribution >= 0.6 is 0 Å². The second kappa shape index (κ2) is 5.64. The standard InChI is InChI=1S/C13H18N4O/c1-3-17-9-10(7-16-17)6-12(14)11-4-5-15-8-13(11)18-2/h4-5,7-9,12H,3,6,14H2,1-2H3. The van der Waals surface area contributed by atoms with Crippen molar-refractivity contribution in [2.45, 2.75) is 25.9 Å². The Hall–Kier alpha value is -1.88. The van der Waals surface area contributed by atoms with Gasteiger partial charge in [-0.2, -0.15) is 5.10 Å². The maximum atomic E-state index is 6.21. The van der Waals surface area contributed by atoms with Gasteiger partial charge >= 0.3 is 0 Å². The molecular formula is C13H18N4O. The van der Waals surface area contributed by atoms with Crippen LogP contribution in [-0.4, -0.2) is 21.9 Å². The van der Waals surface area contributed by atoms with Gasteiger partial charge in [0.05, 0.1) is 19.5 Å². The van der Waals surface area contributed by atoms with E-state index in [1.807, 2.05) is 23.1 Å². The third-order valence-corrected chi connectivity index (χ3v) is 2.90. The molecule has 2 N–H and O–H groups in total. The average molecular weight is 246 g/mol. The number of aromatic nitrogens is 3. The van der Waals surface area contributed by atoms with Crippen LogP contribution in [0.25, 0.3) is 0 Å². The zero-order valence-corrected chi connectivity index (χ0v) is 10.7. The van der Waals surface area contributed by atoms with Crippen molar-refractivity contribution in [1.82, 2.24) is 14.8 Å². The molecule has 0 spiro atoms. The van der Waals surface area contributed by atoms with Crippen LogP contribution in [0.2, 0.25) is 0 Å². The number of aryl methyl sites for hydroxylation is 1. The summed E-state index contributed by atoms with van der Waals surface area (Å²) in [5, 5.41) is 4.24. The molecule has 1 atom stereocenters. The van der Waals surface area contributed by atoms with Crippen LogP contribution < -0.4 is 10.5 Å². The Kier molecular flexibility index (Phi) is 3.94. The van der Waals surface area contributed by atoms with Gasteiger partial charge in [-0.05, 0) is 25.0 Å². The molecule has 2 aromatic heterocycles. The normalized spacial score (nSPS) is 12.4. The molecule has 0 aromatic carbocycles. The van der Waals surface area contributed by atoms with E-state index in [1.165, 1.54) is 0 Å². The maximum Gasteiger partial charge on any atom is 0.141 e. The van der Waals surface area contributed by atoms with Crippen LogP contribution in [0, 0.1) is 0 Å². The van der Waals surface area contributed by atoms with Gasteiger partial charge < -0.3 is 10.5 Å². The van der Waals surface area contributed by atoms with Crippen LogP contribution in [0.4, 0.5) is 0 Å². The molecule has 0 amide bonds. The van der Waals surface area contributed by atoms with Gasteiger partial charge in [-0.1, -0.05) is 0 Å². The monoisotopic (exact) mass is 246 g/mol. The number of ether oxygens (including phenoxy) is 1. The van der Waals surface area contributed by atoms with E-state index in [-0.39, 0.29) is 6.04 Å². The minimum absolute atomic E-state index is 0.113. The van der Waals surface area contributed by atoms with Crippen LogP contribution in [0.1, 0.15) is 24.1 Å². The molecule has 18 heavy (non-hydrogen) atoms. The fourth-order valence-electron chi connectivity index (χ4n) is 1.92. The molecule has 0 radical (unpaired) electrons. The maximum absolute atomic E-state index is 6.21. The van der Waals surface area contributed by atoms with Gasteiger partial charge in [-0.15, -0.1) is 0 Å². The number of methoxy groups -OCH3 is 1. The molecule has 2 aromatic rings. The molecule has 2 heterocycles. The summed E-state index contributed by atoms with van der Waals surface area (Å²) in [4.78, 5) is 4.03.